The van der Waals surface area contributed by atoms with Gasteiger partial charge in [0.1, 0.15) is 0 Å². The number of benzene rings is 1. The van der Waals surface area contributed by atoms with Gasteiger partial charge in [0.15, 0.2) is 0 Å². The molecule has 2 fully saturated rings. The Balaban J connectivity index is 1.34. The van der Waals surface area contributed by atoms with E-state index in [0.29, 0.717) is 0 Å². The maximum absolute atomic E-state index is 6.06. The van der Waals surface area contributed by atoms with Gasteiger partial charge in [-0.05, 0) is 55.3 Å². The van der Waals surface area contributed by atoms with E-state index in [0.717, 1.165) is 22.9 Å². The molecule has 2 saturated carbocycles. The quantitative estimate of drug-likeness (QED) is 0.791. The Bertz CT molecular complexity index is 419. The molecule has 1 N–H and O–H groups in total. The Labute approximate surface area is 128 Å². The molecule has 2 aliphatic carbocycles. The van der Waals surface area contributed by atoms with Crippen LogP contribution in [0.5, 0.6) is 0 Å². The molecule has 0 atom stereocenters. The van der Waals surface area contributed by atoms with E-state index in [2.05, 4.69) is 23.5 Å². The second-order valence-corrected chi connectivity index (χ2v) is 7.10. The largest absolute Gasteiger partial charge is 0.314 e. The molecule has 0 aromatic heterocycles. The molecule has 20 heavy (non-hydrogen) atoms. The average Bonchev–Trinajstić information content (AvgIpc) is 2.42. The van der Waals surface area contributed by atoms with E-state index in [4.69, 9.17) is 11.6 Å². The average molecular weight is 292 g/mol. The van der Waals surface area contributed by atoms with Crippen LogP contribution in [-0.2, 0) is 0 Å². The van der Waals surface area contributed by atoms with Gasteiger partial charge in [-0.1, -0.05) is 55.8 Å². The Morgan fingerprint density at radius 2 is 1.90 bits per heavy atom. The van der Waals surface area contributed by atoms with Crippen LogP contribution in [0, 0.1) is 5.92 Å². The first-order valence-electron chi connectivity index (χ1n) is 8.30. The van der Waals surface area contributed by atoms with Crippen LogP contribution in [0.15, 0.2) is 24.3 Å². The van der Waals surface area contributed by atoms with Crippen molar-refractivity contribution in [2.24, 2.45) is 5.92 Å². The van der Waals surface area contributed by atoms with Crippen molar-refractivity contribution >= 4 is 11.6 Å². The fraction of sp³-hybridized carbons (Fsp3) is 0.667. The van der Waals surface area contributed by atoms with Crippen LogP contribution < -0.4 is 5.32 Å². The van der Waals surface area contributed by atoms with Crippen LogP contribution in [0.2, 0.25) is 5.02 Å². The Morgan fingerprint density at radius 1 is 1.10 bits per heavy atom. The summed E-state index contributed by atoms with van der Waals surface area (Å²) in [6.07, 6.45) is 11.3. The summed E-state index contributed by atoms with van der Waals surface area (Å²) in [7, 11) is 0. The van der Waals surface area contributed by atoms with Crippen LogP contribution in [0.4, 0.5) is 0 Å². The van der Waals surface area contributed by atoms with E-state index >= 15 is 0 Å². The molecule has 110 valence electrons. The van der Waals surface area contributed by atoms with Gasteiger partial charge in [0.25, 0.3) is 0 Å². The fourth-order valence-electron chi connectivity index (χ4n) is 3.78. The molecule has 2 heteroatoms. The number of nitrogens with one attached hydrogen (secondary N) is 1. The highest BCUT2D eigenvalue weighted by molar-refractivity contribution is 6.30. The molecule has 1 aromatic carbocycles. The number of rotatable bonds is 5. The molecular weight excluding hydrogens is 266 g/mol. The van der Waals surface area contributed by atoms with Crippen molar-refractivity contribution in [3.8, 4) is 0 Å². The number of hydrogen-bond acceptors (Lipinski definition) is 1. The van der Waals surface area contributed by atoms with Gasteiger partial charge < -0.3 is 5.32 Å². The van der Waals surface area contributed by atoms with Crippen molar-refractivity contribution in [1.29, 1.82) is 0 Å². The zero-order valence-electron chi connectivity index (χ0n) is 12.3. The summed E-state index contributed by atoms with van der Waals surface area (Å²) < 4.78 is 0. The van der Waals surface area contributed by atoms with Gasteiger partial charge in [0.05, 0.1) is 0 Å². The highest BCUT2D eigenvalue weighted by Gasteiger charge is 2.29. The van der Waals surface area contributed by atoms with Crippen LogP contribution in [0.3, 0.4) is 0 Å². The third-order valence-electron chi connectivity index (χ3n) is 5.17. The molecule has 0 aliphatic heterocycles. The van der Waals surface area contributed by atoms with E-state index in [1.165, 1.54) is 63.5 Å². The highest BCUT2D eigenvalue weighted by atomic mass is 35.5. The van der Waals surface area contributed by atoms with Crippen molar-refractivity contribution in [2.75, 3.05) is 6.54 Å². The predicted molar refractivity (Wildman–Crippen MR) is 86.4 cm³/mol. The van der Waals surface area contributed by atoms with Crippen molar-refractivity contribution in [3.05, 3.63) is 34.9 Å². The van der Waals surface area contributed by atoms with Crippen LogP contribution in [0.25, 0.3) is 0 Å². The molecule has 1 aromatic rings. The van der Waals surface area contributed by atoms with Gasteiger partial charge in [-0.2, -0.15) is 0 Å². The molecule has 0 unspecified atom stereocenters. The monoisotopic (exact) mass is 291 g/mol. The summed E-state index contributed by atoms with van der Waals surface area (Å²) in [5.74, 6) is 1.72. The van der Waals surface area contributed by atoms with E-state index < -0.39 is 0 Å². The lowest BCUT2D eigenvalue weighted by atomic mass is 9.76. The standard InChI is InChI=1S/C18H26ClN/c19-17-8-4-7-15(11-17)16-12-18(13-16)20-10-9-14-5-2-1-3-6-14/h4,7-8,11,14,16,18,20H,1-3,5-6,9-10,12-13H2. The van der Waals surface area contributed by atoms with Gasteiger partial charge in [0, 0.05) is 11.1 Å². The summed E-state index contributed by atoms with van der Waals surface area (Å²) in [4.78, 5) is 0. The summed E-state index contributed by atoms with van der Waals surface area (Å²) in [5, 5.41) is 4.62. The summed E-state index contributed by atoms with van der Waals surface area (Å²) in [6.45, 7) is 1.22. The number of hydrogen-bond donors (Lipinski definition) is 1. The topological polar surface area (TPSA) is 12.0 Å². The lowest BCUT2D eigenvalue weighted by Crippen LogP contribution is -2.40. The van der Waals surface area contributed by atoms with Gasteiger partial charge in [0.2, 0.25) is 0 Å². The Hall–Kier alpha value is -0.530. The Kier molecular flexibility index (Phi) is 5.01. The minimum Gasteiger partial charge on any atom is -0.314 e. The first kappa shape index (κ1) is 14.4. The molecule has 0 heterocycles. The van der Waals surface area contributed by atoms with Crippen molar-refractivity contribution in [2.45, 2.75) is 63.3 Å². The van der Waals surface area contributed by atoms with Crippen molar-refractivity contribution in [1.82, 2.24) is 5.32 Å². The molecule has 0 spiro atoms. The molecular formula is C18H26ClN. The van der Waals surface area contributed by atoms with Gasteiger partial charge >= 0.3 is 0 Å². The molecule has 0 radical (unpaired) electrons. The molecule has 0 saturated heterocycles. The first-order chi connectivity index (χ1) is 9.81. The second-order valence-electron chi connectivity index (χ2n) is 6.67. The van der Waals surface area contributed by atoms with Crippen LogP contribution in [0.1, 0.15) is 62.8 Å². The fourth-order valence-corrected chi connectivity index (χ4v) is 3.98. The zero-order valence-corrected chi connectivity index (χ0v) is 13.0. The second kappa shape index (κ2) is 6.95. The number of halogens is 1. The van der Waals surface area contributed by atoms with E-state index in [9.17, 15) is 0 Å². The third-order valence-corrected chi connectivity index (χ3v) is 5.40. The minimum atomic E-state index is 0.723. The molecule has 2 aliphatic rings. The third kappa shape index (κ3) is 3.77. The van der Waals surface area contributed by atoms with Crippen LogP contribution in [-0.4, -0.2) is 12.6 Å². The highest BCUT2D eigenvalue weighted by Crippen LogP contribution is 2.37. The lowest BCUT2D eigenvalue weighted by molar-refractivity contribution is 0.270. The Morgan fingerprint density at radius 3 is 2.65 bits per heavy atom. The minimum absolute atomic E-state index is 0.723. The van der Waals surface area contributed by atoms with E-state index in [-0.39, 0.29) is 0 Å². The molecule has 0 amide bonds. The maximum atomic E-state index is 6.06. The summed E-state index contributed by atoms with van der Waals surface area (Å²) in [6, 6.07) is 9.12. The van der Waals surface area contributed by atoms with Gasteiger partial charge in [-0.15, -0.1) is 0 Å². The predicted octanol–water partition coefficient (Wildman–Crippen LogP) is 5.15. The zero-order chi connectivity index (χ0) is 13.8. The smallest absolute Gasteiger partial charge is 0.0408 e. The first-order valence-corrected chi connectivity index (χ1v) is 8.68. The van der Waals surface area contributed by atoms with Crippen molar-refractivity contribution < 1.29 is 0 Å². The maximum Gasteiger partial charge on any atom is 0.0408 e. The molecule has 0 bridgehead atoms. The van der Waals surface area contributed by atoms with Gasteiger partial charge in [-0.25, -0.2) is 0 Å². The summed E-state index contributed by atoms with van der Waals surface area (Å²) in [5.41, 5.74) is 1.42. The molecule has 1 nitrogen and oxygen atoms in total. The van der Waals surface area contributed by atoms with Crippen LogP contribution >= 0.6 is 11.6 Å². The SMILES string of the molecule is Clc1cccc(C2CC(NCCC3CCCCC3)C2)c1. The van der Waals surface area contributed by atoms with E-state index in [1.54, 1.807) is 0 Å². The lowest BCUT2D eigenvalue weighted by Gasteiger charge is -2.37. The normalized spacial score (nSPS) is 27.2. The van der Waals surface area contributed by atoms with Crippen molar-refractivity contribution in [3.63, 3.8) is 0 Å². The summed E-state index contributed by atoms with van der Waals surface area (Å²) >= 11 is 6.06. The molecule has 3 rings (SSSR count). The van der Waals surface area contributed by atoms with E-state index in [1.807, 2.05) is 6.07 Å². The van der Waals surface area contributed by atoms with Gasteiger partial charge in [-0.3, -0.25) is 0 Å².